The maximum atomic E-state index is 11.9. The Kier molecular flexibility index (Phi) is 3.64. The number of nitrogens with one attached hydrogen (secondary N) is 1. The van der Waals surface area contributed by atoms with Crippen LogP contribution in [0, 0.1) is 0 Å². The standard InChI is InChI=1S/C8H5ClN4O4S2/c9-6-3-4(1-2-5(6)7(14)15)19(16,17)11-8-10-12-13-18-8/h1-3H,(H,14,15)(H,10,11,13). The smallest absolute Gasteiger partial charge is 0.337 e. The van der Waals surface area contributed by atoms with Gasteiger partial charge in [-0.1, -0.05) is 21.2 Å². The molecule has 8 nitrogen and oxygen atoms in total. The van der Waals surface area contributed by atoms with Crippen LogP contribution in [0.3, 0.4) is 0 Å². The molecule has 1 heterocycles. The normalized spacial score (nSPS) is 11.2. The van der Waals surface area contributed by atoms with Gasteiger partial charge in [0, 0.05) is 11.5 Å². The van der Waals surface area contributed by atoms with E-state index in [0.717, 1.165) is 29.7 Å². The van der Waals surface area contributed by atoms with E-state index in [4.69, 9.17) is 16.7 Å². The molecule has 0 aliphatic rings. The van der Waals surface area contributed by atoms with Crippen molar-refractivity contribution in [2.45, 2.75) is 4.90 Å². The number of carboxylic acids is 1. The molecule has 0 amide bonds. The molecule has 2 aromatic rings. The number of aromatic nitrogens is 3. The van der Waals surface area contributed by atoms with Crippen molar-refractivity contribution in [1.29, 1.82) is 0 Å². The van der Waals surface area contributed by atoms with Gasteiger partial charge in [-0.25, -0.2) is 13.2 Å². The highest BCUT2D eigenvalue weighted by Crippen LogP contribution is 2.22. The second kappa shape index (κ2) is 5.07. The Bertz CT molecular complexity index is 716. The number of aromatic carboxylic acids is 1. The maximum absolute atomic E-state index is 11.9. The van der Waals surface area contributed by atoms with E-state index in [1.54, 1.807) is 0 Å². The van der Waals surface area contributed by atoms with Crippen LogP contribution < -0.4 is 4.72 Å². The Morgan fingerprint density at radius 2 is 2.16 bits per heavy atom. The quantitative estimate of drug-likeness (QED) is 0.864. The Labute approximate surface area is 116 Å². The minimum absolute atomic E-state index is 0.00145. The van der Waals surface area contributed by atoms with E-state index >= 15 is 0 Å². The van der Waals surface area contributed by atoms with Gasteiger partial charge in [0.05, 0.1) is 15.5 Å². The SMILES string of the molecule is O=C(O)c1ccc(S(=O)(=O)Nc2nnns2)cc1Cl. The Morgan fingerprint density at radius 3 is 2.68 bits per heavy atom. The highest BCUT2D eigenvalue weighted by Gasteiger charge is 2.19. The average molecular weight is 321 g/mol. The van der Waals surface area contributed by atoms with Crippen molar-refractivity contribution < 1.29 is 18.3 Å². The molecule has 0 atom stereocenters. The van der Waals surface area contributed by atoms with E-state index in [9.17, 15) is 13.2 Å². The number of benzene rings is 1. The van der Waals surface area contributed by atoms with Crippen LogP contribution in [0.1, 0.15) is 10.4 Å². The van der Waals surface area contributed by atoms with E-state index in [1.807, 2.05) is 0 Å². The summed E-state index contributed by atoms with van der Waals surface area (Å²) in [5, 5.41) is 15.3. The molecular formula is C8H5ClN4O4S2. The predicted octanol–water partition coefficient (Wildman–Crippen LogP) is 1.09. The monoisotopic (exact) mass is 320 g/mol. The lowest BCUT2D eigenvalue weighted by atomic mass is 10.2. The fraction of sp³-hybridized carbons (Fsp3) is 0. The number of hydrogen-bond donors (Lipinski definition) is 2. The molecule has 19 heavy (non-hydrogen) atoms. The van der Waals surface area contributed by atoms with Crippen molar-refractivity contribution in [2.24, 2.45) is 0 Å². The van der Waals surface area contributed by atoms with Gasteiger partial charge in [-0.15, -0.1) is 0 Å². The van der Waals surface area contributed by atoms with Gasteiger partial charge in [0.25, 0.3) is 10.0 Å². The largest absolute Gasteiger partial charge is 0.478 e. The molecule has 2 N–H and O–H groups in total. The number of sulfonamides is 1. The summed E-state index contributed by atoms with van der Waals surface area (Å²) in [5.74, 6) is -1.24. The summed E-state index contributed by atoms with van der Waals surface area (Å²) in [6, 6.07) is 3.28. The van der Waals surface area contributed by atoms with Crippen molar-refractivity contribution in [3.8, 4) is 0 Å². The third-order valence-electron chi connectivity index (χ3n) is 2.00. The summed E-state index contributed by atoms with van der Waals surface area (Å²) < 4.78 is 29.4. The van der Waals surface area contributed by atoms with Crippen molar-refractivity contribution >= 4 is 44.3 Å². The number of hydrogen-bond acceptors (Lipinski definition) is 7. The van der Waals surface area contributed by atoms with Crippen LogP contribution in [0.25, 0.3) is 0 Å². The zero-order valence-corrected chi connectivity index (χ0v) is 11.3. The third-order valence-corrected chi connectivity index (χ3v) is 4.29. The first kappa shape index (κ1) is 13.6. The minimum atomic E-state index is -3.91. The third kappa shape index (κ3) is 2.97. The number of halogens is 1. The van der Waals surface area contributed by atoms with Gasteiger partial charge in [-0.2, -0.15) is 0 Å². The lowest BCUT2D eigenvalue weighted by Crippen LogP contribution is -2.13. The number of carbonyl (C=O) groups is 1. The molecule has 0 aliphatic heterocycles. The highest BCUT2D eigenvalue weighted by molar-refractivity contribution is 7.93. The first-order chi connectivity index (χ1) is 8.90. The van der Waals surface area contributed by atoms with Crippen LogP contribution in [-0.2, 0) is 10.0 Å². The maximum Gasteiger partial charge on any atom is 0.337 e. The highest BCUT2D eigenvalue weighted by atomic mass is 35.5. The second-order valence-electron chi connectivity index (χ2n) is 3.22. The average Bonchev–Trinajstić information content (AvgIpc) is 2.80. The second-order valence-corrected chi connectivity index (χ2v) is 6.04. The van der Waals surface area contributed by atoms with Gasteiger partial charge in [-0.05, 0) is 23.4 Å². The van der Waals surface area contributed by atoms with Crippen LogP contribution in [0.15, 0.2) is 23.1 Å². The van der Waals surface area contributed by atoms with Crippen molar-refractivity contribution in [3.63, 3.8) is 0 Å². The van der Waals surface area contributed by atoms with Gasteiger partial charge >= 0.3 is 5.97 Å². The van der Waals surface area contributed by atoms with Crippen molar-refractivity contribution in [3.05, 3.63) is 28.8 Å². The molecule has 100 valence electrons. The number of nitrogens with zero attached hydrogens (tertiary/aromatic N) is 3. The molecule has 1 aromatic carbocycles. The topological polar surface area (TPSA) is 122 Å². The summed E-state index contributed by atoms with van der Waals surface area (Å²) in [7, 11) is -3.91. The Balaban J connectivity index is 2.36. The summed E-state index contributed by atoms with van der Waals surface area (Å²) in [6.45, 7) is 0. The molecule has 1 aromatic heterocycles. The molecule has 0 radical (unpaired) electrons. The van der Waals surface area contributed by atoms with Crippen LogP contribution in [-0.4, -0.2) is 34.3 Å². The predicted molar refractivity (Wildman–Crippen MR) is 66.9 cm³/mol. The van der Waals surface area contributed by atoms with Crippen molar-refractivity contribution in [1.82, 2.24) is 14.8 Å². The molecule has 0 spiro atoms. The first-order valence-corrected chi connectivity index (χ1v) is 7.24. The summed E-state index contributed by atoms with van der Waals surface area (Å²) in [5.41, 5.74) is -0.182. The van der Waals surface area contributed by atoms with Crippen LogP contribution in [0.5, 0.6) is 0 Å². The summed E-state index contributed by atoms with van der Waals surface area (Å²) >= 11 is 6.47. The molecule has 0 unspecified atom stereocenters. The lowest BCUT2D eigenvalue weighted by Gasteiger charge is -2.06. The lowest BCUT2D eigenvalue weighted by molar-refractivity contribution is 0.0697. The zero-order valence-electron chi connectivity index (χ0n) is 8.94. The first-order valence-electron chi connectivity index (χ1n) is 4.61. The molecule has 0 aliphatic carbocycles. The van der Waals surface area contributed by atoms with E-state index in [1.165, 1.54) is 0 Å². The van der Waals surface area contributed by atoms with E-state index < -0.39 is 16.0 Å². The molecule has 0 saturated heterocycles. The molecule has 2 rings (SSSR count). The fourth-order valence-corrected chi connectivity index (χ4v) is 3.12. The summed E-state index contributed by atoms with van der Waals surface area (Å²) in [4.78, 5) is 10.6. The molecule has 11 heteroatoms. The number of carboxylic acid groups (broad SMARTS) is 1. The van der Waals surface area contributed by atoms with Crippen LogP contribution >= 0.6 is 23.1 Å². The molecule has 0 saturated carbocycles. The van der Waals surface area contributed by atoms with Gasteiger partial charge in [0.15, 0.2) is 0 Å². The van der Waals surface area contributed by atoms with Crippen molar-refractivity contribution in [2.75, 3.05) is 4.72 Å². The minimum Gasteiger partial charge on any atom is -0.478 e. The van der Waals surface area contributed by atoms with Crippen LogP contribution in [0.4, 0.5) is 5.13 Å². The molecular weight excluding hydrogens is 316 g/mol. The van der Waals surface area contributed by atoms with Crippen LogP contribution in [0.2, 0.25) is 5.02 Å². The zero-order chi connectivity index (χ0) is 14.0. The molecule has 0 fully saturated rings. The van der Waals surface area contributed by atoms with Gasteiger partial charge < -0.3 is 5.11 Å². The van der Waals surface area contributed by atoms with Gasteiger partial charge in [0.2, 0.25) is 5.13 Å². The Hall–Kier alpha value is -1.78. The van der Waals surface area contributed by atoms with E-state index in [0.29, 0.717) is 0 Å². The van der Waals surface area contributed by atoms with E-state index in [2.05, 4.69) is 19.5 Å². The van der Waals surface area contributed by atoms with E-state index in [-0.39, 0.29) is 20.6 Å². The fourth-order valence-electron chi connectivity index (χ4n) is 1.18. The van der Waals surface area contributed by atoms with Gasteiger partial charge in [-0.3, -0.25) is 4.72 Å². The summed E-state index contributed by atoms with van der Waals surface area (Å²) in [6.07, 6.45) is 0. The Morgan fingerprint density at radius 1 is 1.42 bits per heavy atom. The number of anilines is 1. The number of rotatable bonds is 4. The van der Waals surface area contributed by atoms with Gasteiger partial charge in [0.1, 0.15) is 0 Å². The molecule has 0 bridgehead atoms.